The predicted octanol–water partition coefficient (Wildman–Crippen LogP) is 4.93. The van der Waals surface area contributed by atoms with E-state index in [1.165, 1.54) is 0 Å². The average molecular weight is 390 g/mol. The van der Waals surface area contributed by atoms with Crippen molar-refractivity contribution in [3.63, 3.8) is 0 Å². The van der Waals surface area contributed by atoms with Gasteiger partial charge in [-0.25, -0.2) is 8.42 Å². The second-order valence-electron chi connectivity index (χ2n) is 5.87. The van der Waals surface area contributed by atoms with Gasteiger partial charge in [0.25, 0.3) is 0 Å². The van der Waals surface area contributed by atoms with Crippen molar-refractivity contribution in [3.05, 3.63) is 77.3 Å². The summed E-state index contributed by atoms with van der Waals surface area (Å²) in [5.41, 5.74) is 0.844. The van der Waals surface area contributed by atoms with Crippen molar-refractivity contribution in [1.29, 1.82) is 0 Å². The van der Waals surface area contributed by atoms with Gasteiger partial charge in [-0.1, -0.05) is 60.1 Å². The summed E-state index contributed by atoms with van der Waals surface area (Å²) in [5, 5.41) is 2.26. The van der Waals surface area contributed by atoms with Gasteiger partial charge in [-0.3, -0.25) is 0 Å². The minimum Gasteiger partial charge on any atom is -0.207 e. The maximum atomic E-state index is 13.2. The molecule has 1 fully saturated rings. The summed E-state index contributed by atoms with van der Waals surface area (Å²) in [7, 11) is -3.59. The quantitative estimate of drug-likeness (QED) is 0.637. The van der Waals surface area contributed by atoms with Gasteiger partial charge in [0.15, 0.2) is 0 Å². The Bertz CT molecular complexity index is 1040. The Kier molecular flexibility index (Phi) is 4.50. The van der Waals surface area contributed by atoms with E-state index >= 15 is 0 Å². The third-order valence-corrected chi connectivity index (χ3v) is 7.93. The largest absolute Gasteiger partial charge is 0.244 e. The van der Waals surface area contributed by atoms with Crippen LogP contribution in [0.1, 0.15) is 10.9 Å². The molecular weight excluding hydrogens is 374 g/mol. The van der Waals surface area contributed by atoms with Gasteiger partial charge in [0.2, 0.25) is 10.0 Å². The van der Waals surface area contributed by atoms with Gasteiger partial charge in [0, 0.05) is 17.3 Å². The molecule has 6 heteroatoms. The summed E-state index contributed by atoms with van der Waals surface area (Å²) < 4.78 is 28.0. The topological polar surface area (TPSA) is 37.4 Å². The summed E-state index contributed by atoms with van der Waals surface area (Å²) in [6, 6.07) is 20.5. The number of nitrogens with zero attached hydrogens (tertiary/aromatic N) is 1. The lowest BCUT2D eigenvalue weighted by atomic mass is 10.1. The number of fused-ring (bicyclic) bond motifs is 1. The number of thioether (sulfide) groups is 1. The first-order valence-electron chi connectivity index (χ1n) is 7.94. The van der Waals surface area contributed by atoms with Crippen molar-refractivity contribution >= 4 is 44.2 Å². The van der Waals surface area contributed by atoms with Crippen molar-refractivity contribution < 1.29 is 8.42 Å². The highest BCUT2D eigenvalue weighted by Gasteiger charge is 2.37. The highest BCUT2D eigenvalue weighted by molar-refractivity contribution is 8.01. The lowest BCUT2D eigenvalue weighted by molar-refractivity contribution is 0.434. The van der Waals surface area contributed by atoms with Gasteiger partial charge in [-0.2, -0.15) is 4.31 Å². The first kappa shape index (κ1) is 16.9. The van der Waals surface area contributed by atoms with Crippen LogP contribution in [0.5, 0.6) is 0 Å². The van der Waals surface area contributed by atoms with E-state index in [-0.39, 0.29) is 5.37 Å². The Labute approximate surface area is 156 Å². The van der Waals surface area contributed by atoms with Gasteiger partial charge in [0.1, 0.15) is 0 Å². The molecule has 4 rings (SSSR count). The molecule has 1 atom stereocenters. The lowest BCUT2D eigenvalue weighted by Crippen LogP contribution is -2.30. The predicted molar refractivity (Wildman–Crippen MR) is 104 cm³/mol. The second-order valence-corrected chi connectivity index (χ2v) is 9.36. The molecule has 1 unspecified atom stereocenters. The molecule has 3 nitrogen and oxygen atoms in total. The van der Waals surface area contributed by atoms with E-state index in [4.69, 9.17) is 11.6 Å². The Morgan fingerprint density at radius 1 is 0.960 bits per heavy atom. The van der Waals surface area contributed by atoms with Gasteiger partial charge in [-0.05, 0) is 34.5 Å². The van der Waals surface area contributed by atoms with Gasteiger partial charge < -0.3 is 0 Å². The van der Waals surface area contributed by atoms with E-state index in [2.05, 4.69) is 0 Å². The van der Waals surface area contributed by atoms with E-state index < -0.39 is 10.0 Å². The van der Waals surface area contributed by atoms with Crippen LogP contribution in [0.4, 0.5) is 0 Å². The molecule has 128 valence electrons. The summed E-state index contributed by atoms with van der Waals surface area (Å²) in [6.45, 7) is 0.482. The van der Waals surface area contributed by atoms with Crippen LogP contribution in [0.2, 0.25) is 5.02 Å². The average Bonchev–Trinajstić information content (AvgIpc) is 3.12. The SMILES string of the molecule is O=S(=O)(c1ccc2ccccc2c1)N1CCSC1c1ccccc1Cl. The lowest BCUT2D eigenvalue weighted by Gasteiger charge is -2.24. The van der Waals surface area contributed by atoms with E-state index in [9.17, 15) is 8.42 Å². The Morgan fingerprint density at radius 2 is 1.68 bits per heavy atom. The maximum Gasteiger partial charge on any atom is 0.244 e. The number of rotatable bonds is 3. The van der Waals surface area contributed by atoms with Crippen LogP contribution in [-0.4, -0.2) is 25.0 Å². The molecule has 0 aromatic heterocycles. The van der Waals surface area contributed by atoms with Crippen LogP contribution in [0, 0.1) is 0 Å². The highest BCUT2D eigenvalue weighted by Crippen LogP contribution is 2.43. The Morgan fingerprint density at radius 3 is 2.48 bits per heavy atom. The molecule has 25 heavy (non-hydrogen) atoms. The molecule has 1 aliphatic rings. The van der Waals surface area contributed by atoms with Crippen LogP contribution in [0.3, 0.4) is 0 Å². The third-order valence-electron chi connectivity index (χ3n) is 4.35. The van der Waals surface area contributed by atoms with E-state index in [0.717, 1.165) is 22.1 Å². The standard InChI is InChI=1S/C19H16ClNO2S2/c20-18-8-4-3-7-17(18)19-21(11-12-24-19)25(22,23)16-10-9-14-5-1-2-6-15(14)13-16/h1-10,13,19H,11-12H2. The molecule has 0 saturated carbocycles. The summed E-state index contributed by atoms with van der Waals surface area (Å²) in [6.07, 6.45) is 0. The summed E-state index contributed by atoms with van der Waals surface area (Å²) >= 11 is 7.91. The van der Waals surface area contributed by atoms with Gasteiger partial charge in [0.05, 0.1) is 10.3 Å². The number of benzene rings is 3. The molecule has 0 radical (unpaired) electrons. The van der Waals surface area contributed by atoms with Crippen LogP contribution >= 0.6 is 23.4 Å². The van der Waals surface area contributed by atoms with Gasteiger partial charge in [-0.15, -0.1) is 11.8 Å². The zero-order valence-electron chi connectivity index (χ0n) is 13.3. The van der Waals surface area contributed by atoms with Gasteiger partial charge >= 0.3 is 0 Å². The molecule has 1 saturated heterocycles. The van der Waals surface area contributed by atoms with E-state index in [0.29, 0.717) is 16.5 Å². The van der Waals surface area contributed by atoms with Crippen LogP contribution in [0.25, 0.3) is 10.8 Å². The van der Waals surface area contributed by atoms with E-state index in [1.807, 2.05) is 48.5 Å². The molecule has 3 aromatic rings. The highest BCUT2D eigenvalue weighted by atomic mass is 35.5. The molecule has 0 aliphatic carbocycles. The van der Waals surface area contributed by atoms with Crippen molar-refractivity contribution in [2.75, 3.05) is 12.3 Å². The molecule has 1 heterocycles. The van der Waals surface area contributed by atoms with Crippen LogP contribution in [0.15, 0.2) is 71.6 Å². The fourth-order valence-corrected chi connectivity index (χ4v) is 6.69. The smallest absolute Gasteiger partial charge is 0.207 e. The zero-order valence-corrected chi connectivity index (χ0v) is 15.7. The van der Waals surface area contributed by atoms with Crippen LogP contribution in [-0.2, 0) is 10.0 Å². The minimum atomic E-state index is -3.59. The maximum absolute atomic E-state index is 13.2. The summed E-state index contributed by atoms with van der Waals surface area (Å²) in [5.74, 6) is 0.753. The fraction of sp³-hybridized carbons (Fsp3) is 0.158. The van der Waals surface area contributed by atoms with Crippen molar-refractivity contribution in [2.45, 2.75) is 10.3 Å². The first-order valence-corrected chi connectivity index (χ1v) is 10.8. The van der Waals surface area contributed by atoms with E-state index in [1.54, 1.807) is 34.3 Å². The van der Waals surface area contributed by atoms with Crippen molar-refractivity contribution in [1.82, 2.24) is 4.31 Å². The summed E-state index contributed by atoms with van der Waals surface area (Å²) in [4.78, 5) is 0.325. The zero-order chi connectivity index (χ0) is 17.4. The Hall–Kier alpha value is -1.53. The molecule has 0 amide bonds. The Balaban J connectivity index is 1.76. The number of halogens is 1. The molecular formula is C19H16ClNO2S2. The van der Waals surface area contributed by atoms with Crippen LogP contribution < -0.4 is 0 Å². The normalized spacial score (nSPS) is 18.7. The molecule has 3 aromatic carbocycles. The van der Waals surface area contributed by atoms with Crippen molar-refractivity contribution in [3.8, 4) is 0 Å². The molecule has 1 aliphatic heterocycles. The fourth-order valence-electron chi connectivity index (χ4n) is 3.08. The first-order chi connectivity index (χ1) is 12.1. The van der Waals surface area contributed by atoms with Crippen molar-refractivity contribution in [2.24, 2.45) is 0 Å². The number of hydrogen-bond acceptors (Lipinski definition) is 3. The monoisotopic (exact) mass is 389 g/mol. The molecule has 0 N–H and O–H groups in total. The number of sulfonamides is 1. The second kappa shape index (κ2) is 6.65. The molecule has 0 bridgehead atoms. The molecule has 0 spiro atoms. The number of hydrogen-bond donors (Lipinski definition) is 0. The minimum absolute atomic E-state index is 0.287. The third kappa shape index (κ3) is 3.06.